The van der Waals surface area contributed by atoms with Crippen molar-refractivity contribution < 1.29 is 14.0 Å². The lowest BCUT2D eigenvalue weighted by Crippen LogP contribution is -2.44. The van der Waals surface area contributed by atoms with Crippen molar-refractivity contribution in [1.82, 2.24) is 20.1 Å². The fourth-order valence-electron chi connectivity index (χ4n) is 2.16. The van der Waals surface area contributed by atoms with Gasteiger partial charge in [-0.15, -0.1) is 0 Å². The second kappa shape index (κ2) is 4.71. The number of ether oxygens (including phenoxy) is 2. The minimum atomic E-state index is -0.488. The van der Waals surface area contributed by atoms with Gasteiger partial charge in [0.05, 0.1) is 19.8 Å². The second-order valence-electron chi connectivity index (χ2n) is 4.70. The Morgan fingerprint density at radius 3 is 2.35 bits per heavy atom. The van der Waals surface area contributed by atoms with Crippen molar-refractivity contribution in [2.75, 3.05) is 14.2 Å². The van der Waals surface area contributed by atoms with E-state index >= 15 is 0 Å². The normalized spacial score (nSPS) is 16.6. The van der Waals surface area contributed by atoms with E-state index in [2.05, 4.69) is 20.1 Å². The van der Waals surface area contributed by atoms with E-state index in [0.717, 1.165) is 19.3 Å². The van der Waals surface area contributed by atoms with Crippen molar-refractivity contribution in [2.24, 2.45) is 5.73 Å². The maximum atomic E-state index is 6.18. The topological polar surface area (TPSA) is 109 Å². The third-order valence-corrected chi connectivity index (χ3v) is 3.50. The highest BCUT2D eigenvalue weighted by Crippen LogP contribution is 2.39. The van der Waals surface area contributed by atoms with Gasteiger partial charge in [-0.05, 0) is 19.3 Å². The smallest absolute Gasteiger partial charge is 0.269 e. The highest BCUT2D eigenvalue weighted by atomic mass is 16.5. The fraction of sp³-hybridized carbons (Fsp3) is 0.500. The maximum absolute atomic E-state index is 6.18. The van der Waals surface area contributed by atoms with Crippen molar-refractivity contribution in [3.63, 3.8) is 0 Å². The van der Waals surface area contributed by atoms with Crippen LogP contribution in [0.3, 0.4) is 0 Å². The van der Waals surface area contributed by atoms with E-state index in [-0.39, 0.29) is 5.89 Å². The Bertz CT molecular complexity index is 601. The van der Waals surface area contributed by atoms with Crippen LogP contribution in [0.2, 0.25) is 0 Å². The van der Waals surface area contributed by atoms with E-state index in [9.17, 15) is 0 Å². The molecule has 0 atom stereocenters. The number of nitrogens with zero attached hydrogens (tertiary/aromatic N) is 4. The van der Waals surface area contributed by atoms with Gasteiger partial charge in [0.25, 0.3) is 5.89 Å². The van der Waals surface area contributed by atoms with Gasteiger partial charge in [0.1, 0.15) is 6.33 Å². The van der Waals surface area contributed by atoms with Crippen LogP contribution in [0.25, 0.3) is 11.5 Å². The number of methoxy groups -OCH3 is 2. The zero-order valence-corrected chi connectivity index (χ0v) is 11.3. The van der Waals surface area contributed by atoms with Crippen molar-refractivity contribution in [3.05, 3.63) is 12.2 Å². The van der Waals surface area contributed by atoms with Gasteiger partial charge < -0.3 is 19.7 Å². The lowest BCUT2D eigenvalue weighted by atomic mass is 9.77. The minimum Gasteiger partial charge on any atom is -0.480 e. The van der Waals surface area contributed by atoms with Crippen LogP contribution in [-0.4, -0.2) is 34.3 Å². The van der Waals surface area contributed by atoms with Crippen molar-refractivity contribution >= 4 is 0 Å². The first-order valence-corrected chi connectivity index (χ1v) is 6.24. The molecule has 8 nitrogen and oxygen atoms in total. The summed E-state index contributed by atoms with van der Waals surface area (Å²) in [7, 11) is 3.00. The summed E-state index contributed by atoms with van der Waals surface area (Å²) in [6.07, 6.45) is 4.12. The lowest BCUT2D eigenvalue weighted by Gasteiger charge is -2.34. The van der Waals surface area contributed by atoms with Gasteiger partial charge in [-0.25, -0.2) is 9.97 Å². The van der Waals surface area contributed by atoms with Crippen molar-refractivity contribution in [3.8, 4) is 23.2 Å². The number of aromatic nitrogens is 4. The van der Waals surface area contributed by atoms with Gasteiger partial charge in [-0.2, -0.15) is 4.98 Å². The first-order valence-electron chi connectivity index (χ1n) is 6.24. The Morgan fingerprint density at radius 1 is 1.20 bits per heavy atom. The molecule has 0 spiro atoms. The molecule has 8 heteroatoms. The summed E-state index contributed by atoms with van der Waals surface area (Å²) in [4.78, 5) is 12.4. The van der Waals surface area contributed by atoms with Crippen LogP contribution in [0.1, 0.15) is 25.1 Å². The van der Waals surface area contributed by atoms with Crippen LogP contribution in [-0.2, 0) is 5.54 Å². The molecule has 1 fully saturated rings. The molecular formula is C12H15N5O3. The standard InChI is InChI=1S/C12H15N5O3/c1-18-8-7(9(19-2)15-6-14-8)10-16-11(17-20-10)12(13)4-3-5-12/h6H,3-5,13H2,1-2H3. The van der Waals surface area contributed by atoms with E-state index in [1.807, 2.05) is 0 Å². The van der Waals surface area contributed by atoms with Crippen LogP contribution in [0, 0.1) is 0 Å². The Balaban J connectivity index is 2.05. The molecule has 1 saturated carbocycles. The molecule has 2 aromatic rings. The number of nitrogens with two attached hydrogens (primary N) is 1. The highest BCUT2D eigenvalue weighted by Gasteiger charge is 2.39. The zero-order valence-electron chi connectivity index (χ0n) is 11.3. The largest absolute Gasteiger partial charge is 0.480 e. The molecule has 20 heavy (non-hydrogen) atoms. The first-order chi connectivity index (χ1) is 9.68. The maximum Gasteiger partial charge on any atom is 0.269 e. The predicted octanol–water partition coefficient (Wildman–Crippen LogP) is 0.882. The molecule has 106 valence electrons. The van der Waals surface area contributed by atoms with Crippen LogP contribution in [0.4, 0.5) is 0 Å². The van der Waals surface area contributed by atoms with E-state index < -0.39 is 5.54 Å². The van der Waals surface area contributed by atoms with Gasteiger partial charge in [0.15, 0.2) is 11.4 Å². The second-order valence-corrected chi connectivity index (χ2v) is 4.70. The molecule has 2 aromatic heterocycles. The molecule has 0 aromatic carbocycles. The van der Waals surface area contributed by atoms with E-state index in [0.29, 0.717) is 23.1 Å². The molecule has 2 N–H and O–H groups in total. The van der Waals surface area contributed by atoms with Crippen molar-refractivity contribution in [1.29, 1.82) is 0 Å². The molecule has 0 radical (unpaired) electrons. The molecule has 3 rings (SSSR count). The molecule has 1 aliphatic carbocycles. The quantitative estimate of drug-likeness (QED) is 0.877. The molecule has 0 saturated heterocycles. The van der Waals surface area contributed by atoms with Gasteiger partial charge in [0, 0.05) is 0 Å². The average Bonchev–Trinajstić information content (AvgIpc) is 2.93. The Morgan fingerprint density at radius 2 is 1.85 bits per heavy atom. The van der Waals surface area contributed by atoms with Crippen LogP contribution < -0.4 is 15.2 Å². The van der Waals surface area contributed by atoms with Crippen LogP contribution in [0.15, 0.2) is 10.9 Å². The van der Waals surface area contributed by atoms with E-state index in [1.54, 1.807) is 0 Å². The van der Waals surface area contributed by atoms with Crippen LogP contribution in [0.5, 0.6) is 11.8 Å². The van der Waals surface area contributed by atoms with E-state index in [1.165, 1.54) is 20.5 Å². The summed E-state index contributed by atoms with van der Waals surface area (Å²) in [6, 6.07) is 0. The Hall–Kier alpha value is -2.22. The summed E-state index contributed by atoms with van der Waals surface area (Å²) in [5, 5.41) is 3.96. The Kier molecular flexibility index (Phi) is 3.01. The monoisotopic (exact) mass is 277 g/mol. The Labute approximate surface area is 115 Å². The summed E-state index contributed by atoms with van der Waals surface area (Å²) < 4.78 is 15.7. The lowest BCUT2D eigenvalue weighted by molar-refractivity contribution is 0.229. The SMILES string of the molecule is COc1ncnc(OC)c1-c1nc(C2(N)CCC2)no1. The summed E-state index contributed by atoms with van der Waals surface area (Å²) in [5.74, 6) is 1.36. The number of hydrogen-bond donors (Lipinski definition) is 1. The fourth-order valence-corrected chi connectivity index (χ4v) is 2.16. The minimum absolute atomic E-state index is 0.242. The molecule has 0 bridgehead atoms. The number of hydrogen-bond acceptors (Lipinski definition) is 8. The molecular weight excluding hydrogens is 262 g/mol. The van der Waals surface area contributed by atoms with Crippen LogP contribution >= 0.6 is 0 Å². The average molecular weight is 277 g/mol. The molecule has 0 aliphatic heterocycles. The molecule has 1 aliphatic rings. The van der Waals surface area contributed by atoms with Gasteiger partial charge in [-0.3, -0.25) is 0 Å². The molecule has 0 amide bonds. The van der Waals surface area contributed by atoms with Gasteiger partial charge in [0.2, 0.25) is 11.8 Å². The van der Waals surface area contributed by atoms with Gasteiger partial charge in [-0.1, -0.05) is 5.16 Å². The summed E-state index contributed by atoms with van der Waals surface area (Å²) in [5.41, 5.74) is 6.12. The third kappa shape index (κ3) is 1.88. The van der Waals surface area contributed by atoms with Crippen molar-refractivity contribution in [2.45, 2.75) is 24.8 Å². The molecule has 2 heterocycles. The first kappa shape index (κ1) is 12.8. The predicted molar refractivity (Wildman–Crippen MR) is 68.1 cm³/mol. The zero-order chi connectivity index (χ0) is 14.2. The van der Waals surface area contributed by atoms with Gasteiger partial charge >= 0.3 is 0 Å². The summed E-state index contributed by atoms with van der Waals surface area (Å²) in [6.45, 7) is 0. The highest BCUT2D eigenvalue weighted by molar-refractivity contribution is 5.65. The third-order valence-electron chi connectivity index (χ3n) is 3.50. The summed E-state index contributed by atoms with van der Waals surface area (Å²) >= 11 is 0. The number of rotatable bonds is 4. The molecule has 0 unspecified atom stereocenters. The van der Waals surface area contributed by atoms with E-state index in [4.69, 9.17) is 19.7 Å².